The lowest BCUT2D eigenvalue weighted by Gasteiger charge is -2.27. The molecule has 2 aliphatic heterocycles. The second kappa shape index (κ2) is 10.2. The highest BCUT2D eigenvalue weighted by molar-refractivity contribution is 5.79. The van der Waals surface area contributed by atoms with Gasteiger partial charge in [0.05, 0.1) is 6.54 Å². The lowest BCUT2D eigenvalue weighted by Crippen LogP contribution is -2.46. The van der Waals surface area contributed by atoms with E-state index in [2.05, 4.69) is 48.1 Å². The van der Waals surface area contributed by atoms with Crippen molar-refractivity contribution < 1.29 is 0 Å². The minimum absolute atomic E-state index is 0.634. The second-order valence-electron chi connectivity index (χ2n) is 7.71. The van der Waals surface area contributed by atoms with Crippen LogP contribution < -0.4 is 10.6 Å². The maximum absolute atomic E-state index is 4.87. The fourth-order valence-electron chi connectivity index (χ4n) is 4.11. The second-order valence-corrected chi connectivity index (χ2v) is 7.71. The average molecular weight is 338 g/mol. The summed E-state index contributed by atoms with van der Waals surface area (Å²) in [6, 6.07) is 1.30. The molecule has 0 aromatic heterocycles. The molecule has 0 spiro atoms. The molecule has 1 unspecified atom stereocenters. The maximum Gasteiger partial charge on any atom is 0.191 e. The monoisotopic (exact) mass is 337 g/mol. The van der Waals surface area contributed by atoms with Gasteiger partial charge in [-0.15, -0.1) is 0 Å². The van der Waals surface area contributed by atoms with Gasteiger partial charge in [-0.25, -0.2) is 0 Å². The fourth-order valence-corrected chi connectivity index (χ4v) is 4.11. The van der Waals surface area contributed by atoms with Crippen molar-refractivity contribution in [3.8, 4) is 0 Å². The molecule has 2 rings (SSSR count). The van der Waals surface area contributed by atoms with Crippen LogP contribution in [0.25, 0.3) is 0 Å². The molecule has 2 aliphatic rings. The van der Waals surface area contributed by atoms with E-state index in [1.165, 1.54) is 45.3 Å². The highest BCUT2D eigenvalue weighted by atomic mass is 15.2. The smallest absolute Gasteiger partial charge is 0.191 e. The molecule has 2 atom stereocenters. The minimum atomic E-state index is 0.634. The summed E-state index contributed by atoms with van der Waals surface area (Å²) in [7, 11) is 0. The largest absolute Gasteiger partial charge is 0.357 e. The van der Waals surface area contributed by atoms with E-state index < -0.39 is 0 Å². The summed E-state index contributed by atoms with van der Waals surface area (Å²) in [5.41, 5.74) is 0. The minimum Gasteiger partial charge on any atom is -0.357 e. The summed E-state index contributed by atoms with van der Waals surface area (Å²) in [4.78, 5) is 10.1. The van der Waals surface area contributed by atoms with Gasteiger partial charge >= 0.3 is 0 Å². The van der Waals surface area contributed by atoms with Gasteiger partial charge in [0.15, 0.2) is 5.96 Å². The normalized spacial score (nSPS) is 26.5. The maximum atomic E-state index is 4.87. The lowest BCUT2D eigenvalue weighted by molar-refractivity contribution is 0.226. The number of nitrogens with zero attached hydrogens (tertiary/aromatic N) is 3. The molecule has 2 saturated heterocycles. The Kier molecular flexibility index (Phi) is 8.33. The van der Waals surface area contributed by atoms with Crippen molar-refractivity contribution in [2.75, 3.05) is 45.8 Å². The Morgan fingerprint density at radius 2 is 1.75 bits per heavy atom. The van der Waals surface area contributed by atoms with E-state index in [1.807, 2.05) is 0 Å². The summed E-state index contributed by atoms with van der Waals surface area (Å²) in [6.45, 7) is 16.8. The van der Waals surface area contributed by atoms with Crippen molar-refractivity contribution in [1.29, 1.82) is 0 Å². The number of hydrogen-bond donors (Lipinski definition) is 2. The molecule has 140 valence electrons. The molecule has 0 saturated carbocycles. The topological polar surface area (TPSA) is 42.9 Å². The van der Waals surface area contributed by atoms with Gasteiger partial charge in [-0.3, -0.25) is 14.8 Å². The Bertz CT molecular complexity index is 382. The van der Waals surface area contributed by atoms with Gasteiger partial charge in [0.1, 0.15) is 0 Å². The third kappa shape index (κ3) is 5.92. The summed E-state index contributed by atoms with van der Waals surface area (Å²) in [6.07, 6.45) is 5.26. The number of rotatable bonds is 8. The fraction of sp³-hybridized carbons (Fsp3) is 0.947. The molecular formula is C19H39N5. The Labute approximate surface area is 149 Å². The summed E-state index contributed by atoms with van der Waals surface area (Å²) >= 11 is 0. The molecule has 0 aliphatic carbocycles. The Balaban J connectivity index is 1.82. The first kappa shape index (κ1) is 19.5. The van der Waals surface area contributed by atoms with E-state index in [4.69, 9.17) is 4.99 Å². The summed E-state index contributed by atoms with van der Waals surface area (Å²) < 4.78 is 0. The molecule has 24 heavy (non-hydrogen) atoms. The Morgan fingerprint density at radius 1 is 1.04 bits per heavy atom. The van der Waals surface area contributed by atoms with E-state index >= 15 is 0 Å². The molecule has 0 aromatic rings. The van der Waals surface area contributed by atoms with E-state index in [0.29, 0.717) is 12.1 Å². The van der Waals surface area contributed by atoms with Crippen molar-refractivity contribution in [2.45, 2.75) is 65.5 Å². The van der Waals surface area contributed by atoms with Crippen molar-refractivity contribution in [3.63, 3.8) is 0 Å². The first-order valence-corrected chi connectivity index (χ1v) is 10.1. The van der Waals surface area contributed by atoms with Crippen LogP contribution in [0.4, 0.5) is 0 Å². The van der Waals surface area contributed by atoms with Crippen LogP contribution in [0.15, 0.2) is 4.99 Å². The van der Waals surface area contributed by atoms with Crippen LogP contribution in [0.2, 0.25) is 0 Å². The van der Waals surface area contributed by atoms with E-state index in [0.717, 1.165) is 38.1 Å². The molecular weight excluding hydrogens is 298 g/mol. The lowest BCUT2D eigenvalue weighted by atomic mass is 10.1. The van der Waals surface area contributed by atoms with Gasteiger partial charge < -0.3 is 10.6 Å². The van der Waals surface area contributed by atoms with E-state index in [1.54, 1.807) is 0 Å². The van der Waals surface area contributed by atoms with Gasteiger partial charge in [0.2, 0.25) is 0 Å². The molecule has 2 heterocycles. The highest BCUT2D eigenvalue weighted by Crippen LogP contribution is 2.18. The van der Waals surface area contributed by atoms with Crippen LogP contribution in [0, 0.1) is 5.92 Å². The van der Waals surface area contributed by atoms with Crippen LogP contribution in [0.3, 0.4) is 0 Å². The van der Waals surface area contributed by atoms with Crippen LogP contribution in [-0.4, -0.2) is 73.7 Å². The molecule has 2 fully saturated rings. The van der Waals surface area contributed by atoms with Crippen LogP contribution in [-0.2, 0) is 0 Å². The SMILES string of the molecule is CCNC(=NCC1CCCN1CC)NC[C@H]1CCCN1CC(C)C. The number of nitrogens with one attached hydrogen (secondary N) is 2. The van der Waals surface area contributed by atoms with Gasteiger partial charge in [0.25, 0.3) is 0 Å². The summed E-state index contributed by atoms with van der Waals surface area (Å²) in [5.74, 6) is 1.74. The van der Waals surface area contributed by atoms with Crippen molar-refractivity contribution in [1.82, 2.24) is 20.4 Å². The number of aliphatic imine (C=N–C) groups is 1. The number of likely N-dealkylation sites (tertiary alicyclic amines) is 2. The van der Waals surface area contributed by atoms with E-state index in [9.17, 15) is 0 Å². The molecule has 2 N–H and O–H groups in total. The molecule has 0 amide bonds. The van der Waals surface area contributed by atoms with Crippen LogP contribution >= 0.6 is 0 Å². The third-order valence-electron chi connectivity index (χ3n) is 5.31. The van der Waals surface area contributed by atoms with Crippen LogP contribution in [0.5, 0.6) is 0 Å². The first-order valence-electron chi connectivity index (χ1n) is 10.1. The van der Waals surface area contributed by atoms with Gasteiger partial charge in [-0.2, -0.15) is 0 Å². The van der Waals surface area contributed by atoms with Crippen molar-refractivity contribution in [3.05, 3.63) is 0 Å². The standard InChI is InChI=1S/C19H39N5/c1-5-20-19(21-13-17-9-7-11-23(17)6-2)22-14-18-10-8-12-24(18)15-16(3)4/h16-18H,5-15H2,1-4H3,(H2,20,21,22)/t17?,18-/m1/s1. The summed E-state index contributed by atoms with van der Waals surface area (Å²) in [5, 5.41) is 7.02. The molecule has 5 heteroatoms. The zero-order valence-electron chi connectivity index (χ0n) is 16.4. The molecule has 5 nitrogen and oxygen atoms in total. The highest BCUT2D eigenvalue weighted by Gasteiger charge is 2.25. The number of hydrogen-bond acceptors (Lipinski definition) is 3. The van der Waals surface area contributed by atoms with Gasteiger partial charge in [0, 0.05) is 31.7 Å². The van der Waals surface area contributed by atoms with Crippen molar-refractivity contribution in [2.24, 2.45) is 10.9 Å². The van der Waals surface area contributed by atoms with Crippen LogP contribution in [0.1, 0.15) is 53.4 Å². The Morgan fingerprint density at radius 3 is 2.42 bits per heavy atom. The van der Waals surface area contributed by atoms with E-state index in [-0.39, 0.29) is 0 Å². The quantitative estimate of drug-likeness (QED) is 0.526. The molecule has 0 bridgehead atoms. The zero-order valence-corrected chi connectivity index (χ0v) is 16.4. The first-order chi connectivity index (χ1) is 11.6. The molecule has 0 radical (unpaired) electrons. The van der Waals surface area contributed by atoms with Crippen molar-refractivity contribution >= 4 is 5.96 Å². The average Bonchev–Trinajstić information content (AvgIpc) is 3.18. The zero-order chi connectivity index (χ0) is 17.4. The van der Waals surface area contributed by atoms with Gasteiger partial charge in [-0.05, 0) is 58.2 Å². The molecule has 0 aromatic carbocycles. The number of guanidine groups is 1. The van der Waals surface area contributed by atoms with Gasteiger partial charge in [-0.1, -0.05) is 20.8 Å². The Hall–Kier alpha value is -0.810. The number of likely N-dealkylation sites (N-methyl/N-ethyl adjacent to an activating group) is 1. The third-order valence-corrected chi connectivity index (χ3v) is 5.31. The predicted molar refractivity (Wildman–Crippen MR) is 104 cm³/mol. The predicted octanol–water partition coefficient (Wildman–Crippen LogP) is 2.15.